The summed E-state index contributed by atoms with van der Waals surface area (Å²) in [5.41, 5.74) is 7.77. The molecule has 0 aliphatic heterocycles. The minimum atomic E-state index is -0.507. The van der Waals surface area contributed by atoms with Crippen LogP contribution in [0.2, 0.25) is 0 Å². The predicted molar refractivity (Wildman–Crippen MR) is 67.0 cm³/mol. The third kappa shape index (κ3) is 3.17. The van der Waals surface area contributed by atoms with E-state index in [1.807, 2.05) is 25.4 Å². The number of amides is 2. The van der Waals surface area contributed by atoms with Crippen molar-refractivity contribution >= 4 is 11.7 Å². The van der Waals surface area contributed by atoms with Gasteiger partial charge in [0.25, 0.3) is 0 Å². The third-order valence-corrected chi connectivity index (χ3v) is 2.42. The average molecular weight is 248 g/mol. The fourth-order valence-corrected chi connectivity index (χ4v) is 1.63. The number of fused-ring (bicyclic) bond motifs is 1. The number of urea groups is 1. The number of nitrogens with two attached hydrogens (primary N) is 1. The topological polar surface area (TPSA) is 97.3 Å². The number of nitrogens with one attached hydrogen (secondary N) is 2. The van der Waals surface area contributed by atoms with Gasteiger partial charge in [-0.3, -0.25) is 0 Å². The van der Waals surface area contributed by atoms with Crippen LogP contribution in [0, 0.1) is 6.92 Å². The van der Waals surface area contributed by atoms with Gasteiger partial charge in [-0.05, 0) is 6.92 Å². The SMILES string of the molecule is Cc1cc2ncc(CNCCNC(N)=O)cn2n1. The lowest BCUT2D eigenvalue weighted by atomic mass is 10.3. The lowest BCUT2D eigenvalue weighted by Crippen LogP contribution is -2.35. The smallest absolute Gasteiger partial charge is 0.312 e. The summed E-state index contributed by atoms with van der Waals surface area (Å²) < 4.78 is 1.76. The maximum absolute atomic E-state index is 10.4. The molecule has 0 fully saturated rings. The summed E-state index contributed by atoms with van der Waals surface area (Å²) in [7, 11) is 0. The second kappa shape index (κ2) is 5.46. The highest BCUT2D eigenvalue weighted by atomic mass is 16.2. The maximum Gasteiger partial charge on any atom is 0.312 e. The zero-order chi connectivity index (χ0) is 13.0. The Morgan fingerprint density at radius 3 is 3.11 bits per heavy atom. The monoisotopic (exact) mass is 248 g/mol. The zero-order valence-corrected chi connectivity index (χ0v) is 10.2. The van der Waals surface area contributed by atoms with E-state index in [0.29, 0.717) is 19.6 Å². The van der Waals surface area contributed by atoms with Crippen LogP contribution in [-0.2, 0) is 6.54 Å². The number of aromatic nitrogens is 3. The predicted octanol–water partition coefficient (Wildman–Crippen LogP) is -0.204. The summed E-state index contributed by atoms with van der Waals surface area (Å²) in [6.07, 6.45) is 3.74. The summed E-state index contributed by atoms with van der Waals surface area (Å²) in [4.78, 5) is 14.7. The summed E-state index contributed by atoms with van der Waals surface area (Å²) in [5.74, 6) is 0. The van der Waals surface area contributed by atoms with Crippen molar-refractivity contribution in [3.63, 3.8) is 0 Å². The van der Waals surface area contributed by atoms with Crippen molar-refractivity contribution in [3.05, 3.63) is 29.7 Å². The number of aryl methyl sites for hydroxylation is 1. The van der Waals surface area contributed by atoms with E-state index in [0.717, 1.165) is 16.9 Å². The molecule has 0 bridgehead atoms. The minimum absolute atomic E-state index is 0.506. The fourth-order valence-electron chi connectivity index (χ4n) is 1.63. The molecule has 7 heteroatoms. The van der Waals surface area contributed by atoms with Gasteiger partial charge in [-0.15, -0.1) is 0 Å². The molecule has 0 aliphatic carbocycles. The van der Waals surface area contributed by atoms with Crippen molar-refractivity contribution in [2.75, 3.05) is 13.1 Å². The molecule has 2 heterocycles. The van der Waals surface area contributed by atoms with E-state index in [1.54, 1.807) is 4.52 Å². The van der Waals surface area contributed by atoms with Crippen LogP contribution < -0.4 is 16.4 Å². The molecule has 0 saturated carbocycles. The van der Waals surface area contributed by atoms with E-state index in [2.05, 4.69) is 20.7 Å². The van der Waals surface area contributed by atoms with Gasteiger partial charge in [0.05, 0.1) is 5.69 Å². The second-order valence-corrected chi connectivity index (χ2v) is 4.02. The molecule has 2 amide bonds. The first-order chi connectivity index (χ1) is 8.65. The lowest BCUT2D eigenvalue weighted by Gasteiger charge is -2.05. The molecule has 0 atom stereocenters. The Bertz CT molecular complexity index is 549. The van der Waals surface area contributed by atoms with Gasteiger partial charge in [-0.2, -0.15) is 5.10 Å². The van der Waals surface area contributed by atoms with Gasteiger partial charge in [0.1, 0.15) is 0 Å². The second-order valence-electron chi connectivity index (χ2n) is 4.02. The van der Waals surface area contributed by atoms with Crippen molar-refractivity contribution in [1.82, 2.24) is 25.2 Å². The molecule has 0 aliphatic rings. The quantitative estimate of drug-likeness (QED) is 0.638. The molecule has 0 spiro atoms. The molecule has 2 aromatic rings. The van der Waals surface area contributed by atoms with Gasteiger partial charge < -0.3 is 16.4 Å². The average Bonchev–Trinajstić information content (AvgIpc) is 2.67. The number of hydrogen-bond donors (Lipinski definition) is 3. The normalized spacial score (nSPS) is 10.7. The highest BCUT2D eigenvalue weighted by molar-refractivity contribution is 5.71. The van der Waals surface area contributed by atoms with Crippen LogP contribution in [0.25, 0.3) is 5.65 Å². The van der Waals surface area contributed by atoms with Crippen molar-refractivity contribution in [3.8, 4) is 0 Å². The number of rotatable bonds is 5. The van der Waals surface area contributed by atoms with Crippen molar-refractivity contribution < 1.29 is 4.79 Å². The lowest BCUT2D eigenvalue weighted by molar-refractivity contribution is 0.249. The van der Waals surface area contributed by atoms with Gasteiger partial charge >= 0.3 is 6.03 Å². The zero-order valence-electron chi connectivity index (χ0n) is 10.2. The van der Waals surface area contributed by atoms with Crippen LogP contribution in [0.1, 0.15) is 11.3 Å². The number of primary amides is 1. The van der Waals surface area contributed by atoms with Crippen LogP contribution in [-0.4, -0.2) is 33.7 Å². The highest BCUT2D eigenvalue weighted by Gasteiger charge is 2.00. The largest absolute Gasteiger partial charge is 0.352 e. The Morgan fingerprint density at radius 1 is 1.50 bits per heavy atom. The van der Waals surface area contributed by atoms with Crippen LogP contribution in [0.5, 0.6) is 0 Å². The van der Waals surface area contributed by atoms with Gasteiger partial charge in [0, 0.05) is 43.7 Å². The van der Waals surface area contributed by atoms with Gasteiger partial charge in [-0.25, -0.2) is 14.3 Å². The Morgan fingerprint density at radius 2 is 2.33 bits per heavy atom. The molecular formula is C11H16N6O. The Labute approximate surface area is 104 Å². The molecule has 0 unspecified atom stereocenters. The fraction of sp³-hybridized carbons (Fsp3) is 0.364. The van der Waals surface area contributed by atoms with Crippen molar-refractivity contribution in [2.45, 2.75) is 13.5 Å². The van der Waals surface area contributed by atoms with E-state index >= 15 is 0 Å². The van der Waals surface area contributed by atoms with Crippen LogP contribution >= 0.6 is 0 Å². The van der Waals surface area contributed by atoms with E-state index in [4.69, 9.17) is 5.73 Å². The Hall–Kier alpha value is -2.15. The first-order valence-corrected chi connectivity index (χ1v) is 5.70. The molecule has 0 radical (unpaired) electrons. The Balaban J connectivity index is 1.86. The maximum atomic E-state index is 10.4. The van der Waals surface area contributed by atoms with Crippen LogP contribution in [0.3, 0.4) is 0 Å². The molecule has 18 heavy (non-hydrogen) atoms. The van der Waals surface area contributed by atoms with Crippen LogP contribution in [0.4, 0.5) is 4.79 Å². The first-order valence-electron chi connectivity index (χ1n) is 5.70. The molecule has 2 aromatic heterocycles. The van der Waals surface area contributed by atoms with Gasteiger partial charge in [-0.1, -0.05) is 0 Å². The molecule has 2 rings (SSSR count). The molecular weight excluding hydrogens is 232 g/mol. The van der Waals surface area contributed by atoms with Crippen LogP contribution in [0.15, 0.2) is 18.5 Å². The summed E-state index contributed by atoms with van der Waals surface area (Å²) in [6.45, 7) is 3.76. The number of carbonyl (C=O) groups excluding carboxylic acids is 1. The van der Waals surface area contributed by atoms with Crippen molar-refractivity contribution in [2.24, 2.45) is 5.73 Å². The summed E-state index contributed by atoms with van der Waals surface area (Å²) in [5, 5.41) is 9.98. The number of nitrogens with zero attached hydrogens (tertiary/aromatic N) is 3. The molecule has 96 valence electrons. The van der Waals surface area contributed by atoms with Crippen molar-refractivity contribution in [1.29, 1.82) is 0 Å². The van der Waals surface area contributed by atoms with E-state index in [9.17, 15) is 4.79 Å². The van der Waals surface area contributed by atoms with E-state index in [-0.39, 0.29) is 0 Å². The van der Waals surface area contributed by atoms with Gasteiger partial charge in [0.2, 0.25) is 0 Å². The standard InChI is InChI=1S/C11H16N6O/c1-8-4-10-15-6-9(7-17(10)16-8)5-13-2-3-14-11(12)18/h4,6-7,13H,2-3,5H2,1H3,(H3,12,14,18). The van der Waals surface area contributed by atoms with Gasteiger partial charge in [0.15, 0.2) is 5.65 Å². The highest BCUT2D eigenvalue weighted by Crippen LogP contribution is 2.04. The Kier molecular flexibility index (Phi) is 3.73. The molecule has 7 nitrogen and oxygen atoms in total. The number of carbonyl (C=O) groups is 1. The number of hydrogen-bond acceptors (Lipinski definition) is 4. The summed E-state index contributed by atoms with van der Waals surface area (Å²) >= 11 is 0. The molecule has 0 aromatic carbocycles. The third-order valence-electron chi connectivity index (χ3n) is 2.42. The van der Waals surface area contributed by atoms with E-state index in [1.165, 1.54) is 0 Å². The van der Waals surface area contributed by atoms with E-state index < -0.39 is 6.03 Å². The summed E-state index contributed by atoms with van der Waals surface area (Å²) in [6, 6.07) is 1.42. The molecule has 4 N–H and O–H groups in total. The first kappa shape index (κ1) is 12.3. The minimum Gasteiger partial charge on any atom is -0.352 e. The molecule has 0 saturated heterocycles.